The van der Waals surface area contributed by atoms with Gasteiger partial charge in [-0.1, -0.05) is 42.5 Å². The third-order valence-corrected chi connectivity index (χ3v) is 2.71. The van der Waals surface area contributed by atoms with E-state index in [4.69, 9.17) is 5.73 Å². The van der Waals surface area contributed by atoms with Crippen LogP contribution in [0.25, 0.3) is 0 Å². The van der Waals surface area contributed by atoms with Crippen LogP contribution in [0.4, 0.5) is 0 Å². The minimum atomic E-state index is 0.165. The van der Waals surface area contributed by atoms with Gasteiger partial charge in [0.2, 0.25) is 0 Å². The van der Waals surface area contributed by atoms with Crippen LogP contribution >= 0.6 is 0 Å². The molecule has 2 aromatic rings. The lowest BCUT2D eigenvalue weighted by Crippen LogP contribution is -2.14. The van der Waals surface area contributed by atoms with Gasteiger partial charge < -0.3 is 10.8 Å². The van der Waals surface area contributed by atoms with E-state index in [9.17, 15) is 5.11 Å². The van der Waals surface area contributed by atoms with Crippen LogP contribution in [0.5, 0.6) is 5.75 Å². The highest BCUT2D eigenvalue weighted by molar-refractivity contribution is 5.99. The minimum absolute atomic E-state index is 0.165. The molecule has 0 amide bonds. The van der Waals surface area contributed by atoms with Crippen molar-refractivity contribution in [3.63, 3.8) is 0 Å². The number of amidine groups is 1. The Bertz CT molecular complexity index is 535. The average Bonchev–Trinajstić information content (AvgIpc) is 2.40. The van der Waals surface area contributed by atoms with E-state index in [2.05, 4.69) is 17.1 Å². The van der Waals surface area contributed by atoms with Crippen LogP contribution < -0.4 is 5.73 Å². The van der Waals surface area contributed by atoms with E-state index in [1.54, 1.807) is 18.2 Å². The second-order valence-corrected chi connectivity index (χ2v) is 4.02. The van der Waals surface area contributed by atoms with Crippen LogP contribution in [0, 0.1) is 0 Å². The van der Waals surface area contributed by atoms with Crippen molar-refractivity contribution < 1.29 is 5.11 Å². The molecular formula is C15H16N2O. The predicted octanol–water partition coefficient (Wildman–Crippen LogP) is 2.34. The van der Waals surface area contributed by atoms with Gasteiger partial charge in [0.05, 0.1) is 5.56 Å². The van der Waals surface area contributed by atoms with E-state index in [-0.39, 0.29) is 5.75 Å². The summed E-state index contributed by atoms with van der Waals surface area (Å²) in [5.74, 6) is 0.544. The van der Waals surface area contributed by atoms with Crippen molar-refractivity contribution in [1.29, 1.82) is 0 Å². The number of benzene rings is 2. The summed E-state index contributed by atoms with van der Waals surface area (Å²) in [6.45, 7) is 0.615. The maximum absolute atomic E-state index is 9.64. The zero-order chi connectivity index (χ0) is 12.8. The van der Waals surface area contributed by atoms with Gasteiger partial charge >= 0.3 is 0 Å². The first-order chi connectivity index (χ1) is 8.77. The van der Waals surface area contributed by atoms with Gasteiger partial charge in [-0.2, -0.15) is 0 Å². The Labute approximate surface area is 107 Å². The van der Waals surface area contributed by atoms with Crippen LogP contribution in [0.2, 0.25) is 0 Å². The monoisotopic (exact) mass is 240 g/mol. The van der Waals surface area contributed by atoms with E-state index >= 15 is 0 Å². The van der Waals surface area contributed by atoms with Gasteiger partial charge in [-0.05, 0) is 24.1 Å². The molecule has 3 N–H and O–H groups in total. The molecule has 0 saturated carbocycles. The number of hydrogen-bond acceptors (Lipinski definition) is 2. The molecule has 0 spiro atoms. The normalized spacial score (nSPS) is 11.4. The summed E-state index contributed by atoms with van der Waals surface area (Å²) in [6.07, 6.45) is 0.842. The van der Waals surface area contributed by atoms with Gasteiger partial charge in [0.15, 0.2) is 0 Å². The largest absolute Gasteiger partial charge is 0.507 e. The zero-order valence-electron chi connectivity index (χ0n) is 10.1. The third-order valence-electron chi connectivity index (χ3n) is 2.71. The molecule has 0 aliphatic rings. The molecule has 0 aliphatic heterocycles. The topological polar surface area (TPSA) is 58.6 Å². The lowest BCUT2D eigenvalue weighted by Gasteiger charge is -2.03. The lowest BCUT2D eigenvalue weighted by atomic mass is 10.1. The molecule has 0 aliphatic carbocycles. The van der Waals surface area contributed by atoms with Crippen molar-refractivity contribution in [3.8, 4) is 5.75 Å². The molecule has 0 atom stereocenters. The Hall–Kier alpha value is -2.29. The van der Waals surface area contributed by atoms with Gasteiger partial charge in [0.25, 0.3) is 0 Å². The van der Waals surface area contributed by atoms with Crippen LogP contribution in [-0.4, -0.2) is 17.5 Å². The first-order valence-corrected chi connectivity index (χ1v) is 5.89. The first-order valence-electron chi connectivity index (χ1n) is 5.89. The number of hydrogen-bond donors (Lipinski definition) is 2. The summed E-state index contributed by atoms with van der Waals surface area (Å²) in [4.78, 5) is 4.28. The average molecular weight is 240 g/mol. The molecule has 0 bridgehead atoms. The molecule has 0 heterocycles. The lowest BCUT2D eigenvalue weighted by molar-refractivity contribution is 0.474. The zero-order valence-corrected chi connectivity index (χ0v) is 10.1. The van der Waals surface area contributed by atoms with Gasteiger partial charge in [-0.25, -0.2) is 0 Å². The van der Waals surface area contributed by atoms with E-state index in [1.165, 1.54) is 5.56 Å². The molecule has 0 saturated heterocycles. The van der Waals surface area contributed by atoms with Gasteiger partial charge in [-0.3, -0.25) is 4.99 Å². The Balaban J connectivity index is 2.00. The minimum Gasteiger partial charge on any atom is -0.507 e. The van der Waals surface area contributed by atoms with Gasteiger partial charge in [0, 0.05) is 6.54 Å². The molecule has 0 radical (unpaired) electrons. The van der Waals surface area contributed by atoms with Crippen LogP contribution in [0.3, 0.4) is 0 Å². The highest BCUT2D eigenvalue weighted by atomic mass is 16.3. The van der Waals surface area contributed by atoms with E-state index in [0.29, 0.717) is 17.9 Å². The quantitative estimate of drug-likeness (QED) is 0.636. The standard InChI is InChI=1S/C15H16N2O/c16-15(13-8-4-5-9-14(13)18)17-11-10-12-6-2-1-3-7-12/h1-9,18H,10-11H2,(H2,16,17). The Morgan fingerprint density at radius 2 is 1.67 bits per heavy atom. The number of nitrogens with two attached hydrogens (primary N) is 1. The van der Waals surface area contributed by atoms with Crippen molar-refractivity contribution in [2.75, 3.05) is 6.54 Å². The third kappa shape index (κ3) is 3.10. The maximum Gasteiger partial charge on any atom is 0.129 e. The SMILES string of the molecule is NC(=NCCc1ccccc1)c1ccccc1O. The summed E-state index contributed by atoms with van der Waals surface area (Å²) in [6, 6.07) is 17.1. The number of para-hydroxylation sites is 1. The Kier molecular flexibility index (Phi) is 3.97. The highest BCUT2D eigenvalue weighted by Crippen LogP contribution is 2.14. The maximum atomic E-state index is 9.64. The van der Waals surface area contributed by atoms with Crippen LogP contribution in [0.1, 0.15) is 11.1 Å². The summed E-state index contributed by atoms with van der Waals surface area (Å²) in [7, 11) is 0. The highest BCUT2D eigenvalue weighted by Gasteiger charge is 2.03. The molecule has 3 heteroatoms. The molecule has 92 valence electrons. The number of aromatic hydroxyl groups is 1. The molecule has 2 rings (SSSR count). The summed E-state index contributed by atoms with van der Waals surface area (Å²) in [5, 5.41) is 9.64. The van der Waals surface area contributed by atoms with Crippen molar-refractivity contribution in [3.05, 3.63) is 65.7 Å². The fraction of sp³-hybridized carbons (Fsp3) is 0.133. The second-order valence-electron chi connectivity index (χ2n) is 4.02. The summed E-state index contributed by atoms with van der Waals surface area (Å²) >= 11 is 0. The fourth-order valence-electron chi connectivity index (χ4n) is 1.73. The van der Waals surface area contributed by atoms with Crippen LogP contribution in [0.15, 0.2) is 59.6 Å². The molecule has 0 fully saturated rings. The number of rotatable bonds is 4. The van der Waals surface area contributed by atoms with Crippen molar-refractivity contribution >= 4 is 5.84 Å². The number of aliphatic imine (C=N–C) groups is 1. The molecule has 0 unspecified atom stereocenters. The smallest absolute Gasteiger partial charge is 0.129 e. The fourth-order valence-corrected chi connectivity index (χ4v) is 1.73. The van der Waals surface area contributed by atoms with Crippen molar-refractivity contribution in [2.45, 2.75) is 6.42 Å². The van der Waals surface area contributed by atoms with E-state index in [1.807, 2.05) is 24.3 Å². The Morgan fingerprint density at radius 1 is 1.00 bits per heavy atom. The second kappa shape index (κ2) is 5.87. The molecule has 18 heavy (non-hydrogen) atoms. The Morgan fingerprint density at radius 3 is 2.39 bits per heavy atom. The van der Waals surface area contributed by atoms with E-state index < -0.39 is 0 Å². The first kappa shape index (κ1) is 12.2. The van der Waals surface area contributed by atoms with Gasteiger partial charge in [0.1, 0.15) is 11.6 Å². The molecule has 2 aromatic carbocycles. The van der Waals surface area contributed by atoms with Gasteiger partial charge in [-0.15, -0.1) is 0 Å². The predicted molar refractivity (Wildman–Crippen MR) is 73.8 cm³/mol. The number of phenols is 1. The number of phenolic OH excluding ortho intramolecular Hbond substituents is 1. The summed E-state index contributed by atoms with van der Waals surface area (Å²) in [5.41, 5.74) is 7.67. The van der Waals surface area contributed by atoms with Crippen molar-refractivity contribution in [2.24, 2.45) is 10.7 Å². The van der Waals surface area contributed by atoms with Crippen molar-refractivity contribution in [1.82, 2.24) is 0 Å². The summed E-state index contributed by atoms with van der Waals surface area (Å²) < 4.78 is 0. The number of nitrogens with zero attached hydrogens (tertiary/aromatic N) is 1. The van der Waals surface area contributed by atoms with E-state index in [0.717, 1.165) is 6.42 Å². The molecule has 3 nitrogen and oxygen atoms in total. The molecule has 0 aromatic heterocycles. The van der Waals surface area contributed by atoms with Crippen LogP contribution in [-0.2, 0) is 6.42 Å². The molecular weight excluding hydrogens is 224 g/mol.